The van der Waals surface area contributed by atoms with E-state index in [0.29, 0.717) is 12.2 Å². The highest BCUT2D eigenvalue weighted by Gasteiger charge is 1.99. The average molecular weight is 234 g/mol. The fourth-order valence-electron chi connectivity index (χ4n) is 1.16. The first-order valence-electron chi connectivity index (χ1n) is 6.30. The van der Waals surface area contributed by atoms with Gasteiger partial charge in [-0.1, -0.05) is 64.7 Å². The van der Waals surface area contributed by atoms with Crippen LogP contribution in [0.3, 0.4) is 0 Å². The Morgan fingerprint density at radius 1 is 1.24 bits per heavy atom. The molecule has 1 N–H and O–H groups in total. The first-order valence-corrected chi connectivity index (χ1v) is 6.30. The van der Waals surface area contributed by atoms with Crippen LogP contribution in [0.25, 0.3) is 0 Å². The van der Waals surface area contributed by atoms with E-state index in [1.165, 1.54) is 0 Å². The number of aliphatic hydroxyl groups excluding tert-OH is 1. The minimum atomic E-state index is 0.400. The summed E-state index contributed by atoms with van der Waals surface area (Å²) < 4.78 is 0. The van der Waals surface area contributed by atoms with Gasteiger partial charge >= 0.3 is 0 Å². The molecule has 0 spiro atoms. The Labute approximate surface area is 107 Å². The molecule has 1 aliphatic carbocycles. The van der Waals surface area contributed by atoms with Crippen molar-refractivity contribution >= 4 is 0 Å². The van der Waals surface area contributed by atoms with Gasteiger partial charge in [0.1, 0.15) is 0 Å². The summed E-state index contributed by atoms with van der Waals surface area (Å²) in [5.74, 6) is 0.400. The third-order valence-corrected chi connectivity index (χ3v) is 1.88. The van der Waals surface area contributed by atoms with E-state index in [-0.39, 0.29) is 0 Å². The lowest BCUT2D eigenvalue weighted by Gasteiger charge is -1.97. The molecule has 0 fully saturated rings. The van der Waals surface area contributed by atoms with E-state index in [0.717, 1.165) is 11.1 Å². The van der Waals surface area contributed by atoms with Crippen molar-refractivity contribution in [2.24, 2.45) is 0 Å². The van der Waals surface area contributed by atoms with Gasteiger partial charge in [0.2, 0.25) is 0 Å². The summed E-state index contributed by atoms with van der Waals surface area (Å²) in [5.41, 5.74) is 2.19. The van der Waals surface area contributed by atoms with Crippen molar-refractivity contribution in [3.05, 3.63) is 59.9 Å². The quantitative estimate of drug-likeness (QED) is 0.625. The Balaban J connectivity index is 0. The second-order valence-electron chi connectivity index (χ2n) is 2.98. The maximum Gasteiger partial charge on any atom is 0.0966 e. The van der Waals surface area contributed by atoms with Crippen LogP contribution in [0, 0.1) is 0 Å². The maximum absolute atomic E-state index is 9.39. The molecular formula is C16H26O. The Hall–Kier alpha value is -1.50. The van der Waals surface area contributed by atoms with Crippen molar-refractivity contribution in [2.45, 2.75) is 41.0 Å². The number of aliphatic hydroxyl groups is 1. The minimum Gasteiger partial charge on any atom is -0.512 e. The van der Waals surface area contributed by atoms with E-state index < -0.39 is 0 Å². The number of hydrogen-bond donors (Lipinski definition) is 1. The van der Waals surface area contributed by atoms with Crippen molar-refractivity contribution in [2.75, 3.05) is 0 Å². The van der Waals surface area contributed by atoms with Crippen molar-refractivity contribution in [3.63, 3.8) is 0 Å². The van der Waals surface area contributed by atoms with Gasteiger partial charge in [-0.3, -0.25) is 0 Å². The van der Waals surface area contributed by atoms with Crippen LogP contribution in [0.5, 0.6) is 0 Å². The lowest BCUT2D eigenvalue weighted by molar-refractivity contribution is 0.401. The maximum atomic E-state index is 9.39. The van der Waals surface area contributed by atoms with Crippen LogP contribution in [0.15, 0.2) is 59.9 Å². The Kier molecular flexibility index (Phi) is 13.2. The van der Waals surface area contributed by atoms with Crippen LogP contribution in [-0.2, 0) is 0 Å². The van der Waals surface area contributed by atoms with Crippen molar-refractivity contribution in [3.8, 4) is 0 Å². The smallest absolute Gasteiger partial charge is 0.0966 e. The summed E-state index contributed by atoms with van der Waals surface area (Å²) in [6, 6.07) is 0. The van der Waals surface area contributed by atoms with E-state index >= 15 is 0 Å². The van der Waals surface area contributed by atoms with E-state index in [4.69, 9.17) is 0 Å². The number of hydrogen-bond acceptors (Lipinski definition) is 1. The summed E-state index contributed by atoms with van der Waals surface area (Å²) in [4.78, 5) is 0. The fraction of sp³-hybridized carbons (Fsp3) is 0.375. The normalized spacial score (nSPS) is 14.1. The van der Waals surface area contributed by atoms with Gasteiger partial charge in [-0.15, -0.1) is 0 Å². The largest absolute Gasteiger partial charge is 0.512 e. The average Bonchev–Trinajstić information content (AvgIpc) is 2.54. The first kappa shape index (κ1) is 17.9. The predicted octanol–water partition coefficient (Wildman–Crippen LogP) is 5.50. The molecule has 0 radical (unpaired) electrons. The zero-order chi connectivity index (χ0) is 13.7. The monoisotopic (exact) mass is 234 g/mol. The van der Waals surface area contributed by atoms with Crippen molar-refractivity contribution < 1.29 is 5.11 Å². The van der Waals surface area contributed by atoms with Gasteiger partial charge in [-0.25, -0.2) is 0 Å². The predicted molar refractivity (Wildman–Crippen MR) is 79.2 cm³/mol. The second kappa shape index (κ2) is 12.6. The van der Waals surface area contributed by atoms with Gasteiger partial charge in [0.15, 0.2) is 0 Å². The van der Waals surface area contributed by atoms with Crippen LogP contribution in [0.2, 0.25) is 0 Å². The zero-order valence-corrected chi connectivity index (χ0v) is 11.8. The molecule has 0 bridgehead atoms. The minimum absolute atomic E-state index is 0.400. The molecule has 0 amide bonds. The Morgan fingerprint density at radius 2 is 1.82 bits per heavy atom. The third kappa shape index (κ3) is 8.32. The SMILES string of the molecule is C=C/C=C\C1=C(C)C=CCC(O)=C1.CC.CC. The van der Waals surface area contributed by atoms with Gasteiger partial charge in [-0.05, 0) is 24.1 Å². The zero-order valence-electron chi connectivity index (χ0n) is 11.8. The van der Waals surface area contributed by atoms with E-state index in [1.807, 2.05) is 58.9 Å². The molecular weight excluding hydrogens is 208 g/mol. The summed E-state index contributed by atoms with van der Waals surface area (Å²) in [7, 11) is 0. The molecule has 1 heteroatoms. The Bertz CT molecular complexity index is 314. The molecule has 0 aromatic rings. The fourth-order valence-corrected chi connectivity index (χ4v) is 1.16. The van der Waals surface area contributed by atoms with Gasteiger partial charge in [0.25, 0.3) is 0 Å². The molecule has 0 aliphatic heterocycles. The van der Waals surface area contributed by atoms with Crippen LogP contribution in [-0.4, -0.2) is 5.11 Å². The molecule has 0 aromatic carbocycles. The highest BCUT2D eigenvalue weighted by molar-refractivity contribution is 5.43. The molecule has 17 heavy (non-hydrogen) atoms. The molecule has 96 valence electrons. The first-order chi connectivity index (χ1) is 8.24. The molecule has 0 heterocycles. The second-order valence-corrected chi connectivity index (χ2v) is 2.98. The summed E-state index contributed by atoms with van der Waals surface area (Å²) in [6.07, 6.45) is 11.9. The topological polar surface area (TPSA) is 20.2 Å². The standard InChI is InChI=1S/C12H14O.2C2H6/c1-3-4-7-11-9-12(13)8-5-6-10(11)2;2*1-2/h3-7,9,13H,1,8H2,2H3;2*1-2H3/b7-4-;;. The molecule has 1 nitrogen and oxygen atoms in total. The van der Waals surface area contributed by atoms with E-state index in [9.17, 15) is 5.11 Å². The van der Waals surface area contributed by atoms with Crippen molar-refractivity contribution in [1.29, 1.82) is 0 Å². The molecule has 0 atom stereocenters. The van der Waals surface area contributed by atoms with Crippen LogP contribution >= 0.6 is 0 Å². The molecule has 0 aromatic heterocycles. The summed E-state index contributed by atoms with van der Waals surface area (Å²) >= 11 is 0. The summed E-state index contributed by atoms with van der Waals surface area (Å²) in [5, 5.41) is 9.39. The highest BCUT2D eigenvalue weighted by atomic mass is 16.3. The molecule has 0 saturated carbocycles. The van der Waals surface area contributed by atoms with Crippen LogP contribution in [0.4, 0.5) is 0 Å². The number of allylic oxidation sites excluding steroid dienone is 8. The van der Waals surface area contributed by atoms with E-state index in [2.05, 4.69) is 6.58 Å². The van der Waals surface area contributed by atoms with Gasteiger partial charge in [0.05, 0.1) is 5.76 Å². The van der Waals surface area contributed by atoms with Gasteiger partial charge in [0, 0.05) is 6.42 Å². The third-order valence-electron chi connectivity index (χ3n) is 1.88. The molecule has 1 aliphatic rings. The van der Waals surface area contributed by atoms with Gasteiger partial charge < -0.3 is 5.11 Å². The molecule has 0 saturated heterocycles. The highest BCUT2D eigenvalue weighted by Crippen LogP contribution is 2.16. The lowest BCUT2D eigenvalue weighted by Crippen LogP contribution is -1.80. The summed E-state index contributed by atoms with van der Waals surface area (Å²) in [6.45, 7) is 13.6. The van der Waals surface area contributed by atoms with Crippen LogP contribution < -0.4 is 0 Å². The van der Waals surface area contributed by atoms with Crippen molar-refractivity contribution in [1.82, 2.24) is 0 Å². The van der Waals surface area contributed by atoms with Crippen LogP contribution in [0.1, 0.15) is 41.0 Å². The van der Waals surface area contributed by atoms with E-state index in [1.54, 1.807) is 12.2 Å². The number of rotatable bonds is 2. The van der Waals surface area contributed by atoms with Gasteiger partial charge in [-0.2, -0.15) is 0 Å². The Morgan fingerprint density at radius 3 is 2.35 bits per heavy atom. The molecule has 0 unspecified atom stereocenters. The lowest BCUT2D eigenvalue weighted by atomic mass is 10.1. The molecule has 1 rings (SSSR count).